The summed E-state index contributed by atoms with van der Waals surface area (Å²) in [6.07, 6.45) is 0.420. The molecule has 3 rings (SSSR count). The normalized spacial score (nSPS) is 32.8. The van der Waals surface area contributed by atoms with Crippen molar-refractivity contribution in [3.63, 3.8) is 0 Å². The molecule has 6 heteroatoms. The number of amides is 1. The molecule has 0 aromatic heterocycles. The van der Waals surface area contributed by atoms with Crippen molar-refractivity contribution in [2.75, 3.05) is 7.11 Å². The number of fused-ring (bicyclic) bond motifs is 2. The van der Waals surface area contributed by atoms with Crippen molar-refractivity contribution in [1.29, 1.82) is 0 Å². The largest absolute Gasteiger partial charge is 0.496 e. The van der Waals surface area contributed by atoms with Crippen molar-refractivity contribution < 1.29 is 19.1 Å². The van der Waals surface area contributed by atoms with E-state index in [9.17, 15) is 9.59 Å². The van der Waals surface area contributed by atoms with Crippen molar-refractivity contribution >= 4 is 11.9 Å². The molecular formula is C19H26N2O4. The van der Waals surface area contributed by atoms with Crippen molar-refractivity contribution in [2.45, 2.75) is 57.3 Å². The Bertz CT molecular complexity index is 717. The molecule has 25 heavy (non-hydrogen) atoms. The number of cyclic esters (lactones) is 1. The Balaban J connectivity index is 1.79. The van der Waals surface area contributed by atoms with Gasteiger partial charge in [-0.3, -0.25) is 14.9 Å². The van der Waals surface area contributed by atoms with Crippen LogP contribution in [0.25, 0.3) is 0 Å². The third-order valence-electron chi connectivity index (χ3n) is 5.86. The first-order valence-electron chi connectivity index (χ1n) is 8.55. The van der Waals surface area contributed by atoms with Crippen molar-refractivity contribution in [3.8, 4) is 5.75 Å². The van der Waals surface area contributed by atoms with Gasteiger partial charge in [0, 0.05) is 12.1 Å². The molecule has 0 unspecified atom stereocenters. The summed E-state index contributed by atoms with van der Waals surface area (Å²) in [5.41, 5.74) is -1.31. The molecule has 0 spiro atoms. The maximum Gasteiger partial charge on any atom is 0.326 e. The number of methoxy groups -OCH3 is 1. The predicted molar refractivity (Wildman–Crippen MR) is 93.1 cm³/mol. The van der Waals surface area contributed by atoms with Crippen LogP contribution < -0.4 is 15.4 Å². The van der Waals surface area contributed by atoms with Crippen LogP contribution in [0.1, 0.15) is 39.7 Å². The lowest BCUT2D eigenvalue weighted by atomic mass is 9.74. The molecule has 0 radical (unpaired) electrons. The van der Waals surface area contributed by atoms with E-state index in [2.05, 4.69) is 10.6 Å². The molecule has 3 atom stereocenters. The van der Waals surface area contributed by atoms with Crippen LogP contribution in [0.3, 0.4) is 0 Å². The summed E-state index contributed by atoms with van der Waals surface area (Å²) in [6.45, 7) is 7.84. The van der Waals surface area contributed by atoms with Crippen LogP contribution in [0.4, 0.5) is 0 Å². The summed E-state index contributed by atoms with van der Waals surface area (Å²) in [5.74, 6) is -0.0113. The molecule has 1 aromatic rings. The highest BCUT2D eigenvalue weighted by molar-refractivity contribution is 5.88. The van der Waals surface area contributed by atoms with Crippen molar-refractivity contribution in [3.05, 3.63) is 29.8 Å². The van der Waals surface area contributed by atoms with E-state index in [4.69, 9.17) is 9.47 Å². The Morgan fingerprint density at radius 1 is 1.32 bits per heavy atom. The number of hydrogen-bond acceptors (Lipinski definition) is 5. The minimum Gasteiger partial charge on any atom is -0.496 e. The predicted octanol–water partition coefficient (Wildman–Crippen LogP) is 1.77. The molecule has 1 aromatic carbocycles. The van der Waals surface area contributed by atoms with Crippen LogP contribution in [0.2, 0.25) is 0 Å². The lowest BCUT2D eigenvalue weighted by Crippen LogP contribution is -2.70. The van der Waals surface area contributed by atoms with Gasteiger partial charge < -0.3 is 14.8 Å². The molecular weight excluding hydrogens is 320 g/mol. The second kappa shape index (κ2) is 5.73. The Labute approximate surface area is 148 Å². The fourth-order valence-electron chi connectivity index (χ4n) is 3.99. The highest BCUT2D eigenvalue weighted by Gasteiger charge is 2.67. The number of ether oxygens (including phenoxy) is 2. The number of rotatable bonds is 4. The van der Waals surface area contributed by atoms with Gasteiger partial charge in [-0.1, -0.05) is 18.2 Å². The van der Waals surface area contributed by atoms with Crippen molar-refractivity contribution in [1.82, 2.24) is 10.6 Å². The van der Waals surface area contributed by atoms with E-state index in [0.29, 0.717) is 13.0 Å². The second-order valence-electron chi connectivity index (χ2n) is 7.85. The van der Waals surface area contributed by atoms with Crippen LogP contribution >= 0.6 is 0 Å². The van der Waals surface area contributed by atoms with Gasteiger partial charge in [0.25, 0.3) is 0 Å². The minimum absolute atomic E-state index is 0.0870. The molecule has 2 N–H and O–H groups in total. The van der Waals surface area contributed by atoms with E-state index < -0.39 is 16.7 Å². The van der Waals surface area contributed by atoms with Gasteiger partial charge >= 0.3 is 5.97 Å². The smallest absolute Gasteiger partial charge is 0.326 e. The monoisotopic (exact) mass is 346 g/mol. The average Bonchev–Trinajstić information content (AvgIpc) is 2.83. The molecule has 1 amide bonds. The lowest BCUT2D eigenvalue weighted by Gasteiger charge is -2.48. The minimum atomic E-state index is -0.823. The molecule has 0 saturated carbocycles. The van der Waals surface area contributed by atoms with Crippen LogP contribution in [-0.2, 0) is 20.9 Å². The Morgan fingerprint density at radius 3 is 2.68 bits per heavy atom. The van der Waals surface area contributed by atoms with E-state index in [1.165, 1.54) is 0 Å². The SMILES string of the molecule is COc1ccccc1CNC(=O)[C@@H]1C[C@]2(C)N[C@@]1(C)C(C)(C)OC2=O. The fourth-order valence-corrected chi connectivity index (χ4v) is 3.99. The van der Waals surface area contributed by atoms with Gasteiger partial charge in [-0.25, -0.2) is 0 Å². The highest BCUT2D eigenvalue weighted by atomic mass is 16.6. The summed E-state index contributed by atoms with van der Waals surface area (Å²) < 4.78 is 11.0. The Morgan fingerprint density at radius 2 is 2.00 bits per heavy atom. The van der Waals surface area contributed by atoms with Gasteiger partial charge in [0.1, 0.15) is 16.9 Å². The molecule has 2 saturated heterocycles. The van der Waals surface area contributed by atoms with Gasteiger partial charge in [-0.05, 0) is 40.2 Å². The topological polar surface area (TPSA) is 76.7 Å². The molecule has 2 bridgehead atoms. The summed E-state index contributed by atoms with van der Waals surface area (Å²) in [7, 11) is 1.61. The quantitative estimate of drug-likeness (QED) is 0.813. The number of esters is 1. The van der Waals surface area contributed by atoms with Gasteiger partial charge in [-0.2, -0.15) is 0 Å². The summed E-state index contributed by atoms with van der Waals surface area (Å²) in [5, 5.41) is 6.37. The first-order chi connectivity index (χ1) is 11.6. The summed E-state index contributed by atoms with van der Waals surface area (Å²) in [4.78, 5) is 25.3. The maximum absolute atomic E-state index is 12.9. The van der Waals surface area contributed by atoms with Crippen LogP contribution in [-0.4, -0.2) is 35.7 Å². The van der Waals surface area contributed by atoms with E-state index in [1.807, 2.05) is 45.0 Å². The maximum atomic E-state index is 12.9. The Hall–Kier alpha value is -2.08. The second-order valence-corrected chi connectivity index (χ2v) is 7.85. The molecule has 6 nitrogen and oxygen atoms in total. The van der Waals surface area contributed by atoms with Gasteiger partial charge in [0.05, 0.1) is 18.6 Å². The molecule has 2 heterocycles. The van der Waals surface area contributed by atoms with Gasteiger partial charge in [0.15, 0.2) is 0 Å². The zero-order valence-electron chi connectivity index (χ0n) is 15.4. The number of benzene rings is 1. The molecule has 2 aliphatic rings. The van der Waals surface area contributed by atoms with Crippen LogP contribution in [0, 0.1) is 5.92 Å². The zero-order valence-corrected chi connectivity index (χ0v) is 15.4. The first kappa shape index (κ1) is 17.7. The van der Waals surface area contributed by atoms with E-state index in [-0.39, 0.29) is 17.8 Å². The lowest BCUT2D eigenvalue weighted by molar-refractivity contribution is -0.182. The number of para-hydroxylation sites is 1. The molecule has 0 aliphatic carbocycles. The van der Waals surface area contributed by atoms with E-state index in [1.54, 1.807) is 14.0 Å². The molecule has 136 valence electrons. The average molecular weight is 346 g/mol. The summed E-state index contributed by atoms with van der Waals surface area (Å²) in [6, 6.07) is 7.58. The fraction of sp³-hybridized carbons (Fsp3) is 0.579. The number of nitrogens with one attached hydrogen (secondary N) is 2. The van der Waals surface area contributed by atoms with Gasteiger partial charge in [-0.15, -0.1) is 0 Å². The number of carbonyl (C=O) groups is 2. The third kappa shape index (κ3) is 2.68. The molecule has 2 fully saturated rings. The number of carbonyl (C=O) groups excluding carboxylic acids is 2. The standard InChI is InChI=1S/C19H26N2O4/c1-17(2)19(4)13(10-18(3,21-19)16(23)25-17)15(22)20-11-12-8-6-7-9-14(12)24-5/h6-9,13,21H,10-11H2,1-5H3,(H,20,22)/t13-,18-,19+/m0/s1. The zero-order chi connectivity index (χ0) is 18.5. The Kier molecular flexibility index (Phi) is 4.06. The molecule has 2 aliphatic heterocycles. The first-order valence-corrected chi connectivity index (χ1v) is 8.55. The highest BCUT2D eigenvalue weighted by Crippen LogP contribution is 2.48. The van der Waals surface area contributed by atoms with Crippen LogP contribution in [0.5, 0.6) is 5.75 Å². The van der Waals surface area contributed by atoms with E-state index >= 15 is 0 Å². The van der Waals surface area contributed by atoms with Crippen LogP contribution in [0.15, 0.2) is 24.3 Å². The number of morpholine rings is 1. The van der Waals surface area contributed by atoms with E-state index in [0.717, 1.165) is 11.3 Å². The third-order valence-corrected chi connectivity index (χ3v) is 5.86. The van der Waals surface area contributed by atoms with Gasteiger partial charge in [0.2, 0.25) is 5.91 Å². The summed E-state index contributed by atoms with van der Waals surface area (Å²) >= 11 is 0. The number of hydrogen-bond donors (Lipinski definition) is 2. The van der Waals surface area contributed by atoms with Crippen molar-refractivity contribution in [2.24, 2.45) is 5.92 Å².